The summed E-state index contributed by atoms with van der Waals surface area (Å²) in [6.45, 7) is 4.29. The maximum absolute atomic E-state index is 12.7. The zero-order valence-corrected chi connectivity index (χ0v) is 17.1. The molecule has 4 rings (SSSR count). The van der Waals surface area contributed by atoms with E-state index in [1.807, 2.05) is 37.4 Å². The second-order valence-corrected chi connectivity index (χ2v) is 7.79. The summed E-state index contributed by atoms with van der Waals surface area (Å²) < 4.78 is 0. The van der Waals surface area contributed by atoms with E-state index in [2.05, 4.69) is 73.0 Å². The van der Waals surface area contributed by atoms with Crippen LogP contribution in [0.3, 0.4) is 0 Å². The van der Waals surface area contributed by atoms with E-state index < -0.39 is 0 Å². The first-order valence-electron chi connectivity index (χ1n) is 10.1. The minimum atomic E-state index is -0.0965. The fraction of sp³-hybridized carbons (Fsp3) is 0.192. The third-order valence-electron chi connectivity index (χ3n) is 5.32. The van der Waals surface area contributed by atoms with E-state index >= 15 is 0 Å². The van der Waals surface area contributed by atoms with E-state index in [0.717, 1.165) is 11.3 Å². The molecule has 3 aromatic carbocycles. The molecular weight excluding hydrogens is 356 g/mol. The van der Waals surface area contributed by atoms with Crippen molar-refractivity contribution in [1.82, 2.24) is 5.32 Å². The van der Waals surface area contributed by atoms with E-state index in [1.165, 1.54) is 22.3 Å². The third-order valence-corrected chi connectivity index (χ3v) is 5.32. The largest absolute Gasteiger partial charge is 0.322 e. The number of fused-ring (bicyclic) bond motifs is 3. The van der Waals surface area contributed by atoms with Crippen molar-refractivity contribution in [2.24, 2.45) is 5.92 Å². The summed E-state index contributed by atoms with van der Waals surface area (Å²) in [4.78, 5) is 12.7. The molecule has 0 aromatic heterocycles. The molecule has 29 heavy (non-hydrogen) atoms. The van der Waals surface area contributed by atoms with Crippen molar-refractivity contribution in [2.45, 2.75) is 19.9 Å². The molecule has 1 atom stereocenters. The van der Waals surface area contributed by atoms with Crippen LogP contribution < -0.4 is 10.6 Å². The molecule has 146 valence electrons. The molecule has 0 bridgehead atoms. The van der Waals surface area contributed by atoms with Crippen LogP contribution in [0.5, 0.6) is 0 Å². The van der Waals surface area contributed by atoms with Gasteiger partial charge in [0.15, 0.2) is 0 Å². The number of nitrogens with one attached hydrogen (secondary N) is 2. The lowest BCUT2D eigenvalue weighted by atomic mass is 10.0. The molecule has 0 saturated heterocycles. The van der Waals surface area contributed by atoms with Crippen molar-refractivity contribution in [2.75, 3.05) is 12.4 Å². The van der Waals surface area contributed by atoms with Crippen LogP contribution in [0.4, 0.5) is 5.69 Å². The zero-order chi connectivity index (χ0) is 20.4. The zero-order valence-electron chi connectivity index (χ0n) is 17.1. The lowest BCUT2D eigenvalue weighted by molar-refractivity contribution is 0.102. The molecule has 3 heteroatoms. The van der Waals surface area contributed by atoms with Gasteiger partial charge >= 0.3 is 0 Å². The molecule has 0 spiro atoms. The van der Waals surface area contributed by atoms with Crippen molar-refractivity contribution in [3.63, 3.8) is 0 Å². The number of carbonyl (C=O) groups is 1. The fourth-order valence-electron chi connectivity index (χ4n) is 3.84. The van der Waals surface area contributed by atoms with Gasteiger partial charge in [-0.25, -0.2) is 0 Å². The quantitative estimate of drug-likeness (QED) is 0.577. The van der Waals surface area contributed by atoms with Crippen molar-refractivity contribution in [3.05, 3.63) is 95.1 Å². The number of allylic oxidation sites excluding steroid dienone is 1. The summed E-state index contributed by atoms with van der Waals surface area (Å²) in [5.74, 6) is 0.409. The maximum atomic E-state index is 12.7. The molecule has 3 nitrogen and oxygen atoms in total. The number of rotatable bonds is 5. The average molecular weight is 383 g/mol. The molecule has 0 radical (unpaired) electrons. The number of anilines is 1. The Morgan fingerprint density at radius 3 is 2.38 bits per heavy atom. The lowest BCUT2D eigenvalue weighted by Gasteiger charge is -2.12. The smallest absolute Gasteiger partial charge is 0.255 e. The second kappa shape index (κ2) is 8.06. The van der Waals surface area contributed by atoms with Crippen LogP contribution >= 0.6 is 0 Å². The Kier molecular flexibility index (Phi) is 5.32. The highest BCUT2D eigenvalue weighted by molar-refractivity contribution is 6.04. The normalized spacial score (nSPS) is 14.8. The minimum absolute atomic E-state index is 0.0965. The van der Waals surface area contributed by atoms with E-state index in [0.29, 0.717) is 11.5 Å². The van der Waals surface area contributed by atoms with Crippen molar-refractivity contribution in [3.8, 4) is 11.1 Å². The predicted molar refractivity (Wildman–Crippen MR) is 121 cm³/mol. The Labute approximate surface area is 172 Å². The van der Waals surface area contributed by atoms with Crippen LogP contribution in [0.1, 0.15) is 46.9 Å². The van der Waals surface area contributed by atoms with Gasteiger partial charge in [-0.05, 0) is 65.0 Å². The average Bonchev–Trinajstić information content (AvgIpc) is 3.05. The molecular formula is C26H26N2O. The van der Waals surface area contributed by atoms with Crippen LogP contribution in [0.25, 0.3) is 17.2 Å². The predicted octanol–water partition coefficient (Wildman–Crippen LogP) is 5.90. The standard InChI is InChI=1S/C26H26N2O/c1-17(2)8-9-18-10-12-19(13-11-18)26(29)28-20-14-15-23-24(16-20)21-6-4-5-7-22(21)25(23)27-3/h4-17,25,27H,1-3H3,(H,28,29). The molecule has 0 fully saturated rings. The molecule has 3 aromatic rings. The van der Waals surface area contributed by atoms with E-state index in [1.54, 1.807) is 0 Å². The summed E-state index contributed by atoms with van der Waals surface area (Å²) in [7, 11) is 1.98. The first-order chi connectivity index (χ1) is 14.1. The van der Waals surface area contributed by atoms with Gasteiger partial charge in [0.1, 0.15) is 0 Å². The Morgan fingerprint density at radius 1 is 0.931 bits per heavy atom. The van der Waals surface area contributed by atoms with Crippen molar-refractivity contribution in [1.29, 1.82) is 0 Å². The number of benzene rings is 3. The van der Waals surface area contributed by atoms with Gasteiger partial charge in [-0.3, -0.25) is 4.79 Å². The topological polar surface area (TPSA) is 41.1 Å². The van der Waals surface area contributed by atoms with Gasteiger partial charge in [-0.2, -0.15) is 0 Å². The van der Waals surface area contributed by atoms with Gasteiger partial charge in [-0.15, -0.1) is 0 Å². The number of hydrogen-bond acceptors (Lipinski definition) is 2. The minimum Gasteiger partial charge on any atom is -0.322 e. The molecule has 1 unspecified atom stereocenters. The second-order valence-electron chi connectivity index (χ2n) is 7.79. The molecule has 1 aliphatic rings. The summed E-state index contributed by atoms with van der Waals surface area (Å²) in [6.07, 6.45) is 4.23. The monoisotopic (exact) mass is 382 g/mol. The Bertz CT molecular complexity index is 1060. The van der Waals surface area contributed by atoms with Crippen molar-refractivity contribution >= 4 is 17.7 Å². The van der Waals surface area contributed by atoms with Gasteiger partial charge in [0.05, 0.1) is 6.04 Å². The Morgan fingerprint density at radius 2 is 1.66 bits per heavy atom. The number of hydrogen-bond donors (Lipinski definition) is 2. The van der Waals surface area contributed by atoms with Crippen molar-refractivity contribution < 1.29 is 4.79 Å². The molecule has 0 saturated carbocycles. The van der Waals surface area contributed by atoms with Gasteiger partial charge in [0.25, 0.3) is 5.91 Å². The van der Waals surface area contributed by atoms with Crippen LogP contribution in [-0.2, 0) is 0 Å². The Hall–Kier alpha value is -3.17. The third kappa shape index (κ3) is 3.87. The summed E-state index contributed by atoms with van der Waals surface area (Å²) in [5.41, 5.74) is 7.48. The van der Waals surface area contributed by atoms with Gasteiger partial charge in [0.2, 0.25) is 0 Å². The highest BCUT2D eigenvalue weighted by Gasteiger charge is 2.27. The Balaban J connectivity index is 1.55. The van der Waals surface area contributed by atoms with Crippen LogP contribution in [0, 0.1) is 5.92 Å². The summed E-state index contributed by atoms with van der Waals surface area (Å²) in [6, 6.07) is 22.5. The summed E-state index contributed by atoms with van der Waals surface area (Å²) >= 11 is 0. The summed E-state index contributed by atoms with van der Waals surface area (Å²) in [5, 5.41) is 6.44. The highest BCUT2D eigenvalue weighted by atomic mass is 16.1. The van der Waals surface area contributed by atoms with Crippen LogP contribution in [0.2, 0.25) is 0 Å². The van der Waals surface area contributed by atoms with Gasteiger partial charge < -0.3 is 10.6 Å². The molecule has 1 amide bonds. The van der Waals surface area contributed by atoms with Gasteiger partial charge in [-0.1, -0.05) is 68.5 Å². The fourth-order valence-corrected chi connectivity index (χ4v) is 3.84. The lowest BCUT2D eigenvalue weighted by Crippen LogP contribution is -2.15. The number of amides is 1. The maximum Gasteiger partial charge on any atom is 0.255 e. The molecule has 0 aliphatic heterocycles. The van der Waals surface area contributed by atoms with E-state index in [9.17, 15) is 4.79 Å². The van der Waals surface area contributed by atoms with Gasteiger partial charge in [0, 0.05) is 11.3 Å². The first-order valence-corrected chi connectivity index (χ1v) is 10.1. The number of carbonyl (C=O) groups excluding carboxylic acids is 1. The van der Waals surface area contributed by atoms with E-state index in [4.69, 9.17) is 0 Å². The molecule has 2 N–H and O–H groups in total. The molecule has 0 heterocycles. The highest BCUT2D eigenvalue weighted by Crippen LogP contribution is 2.44. The molecule has 1 aliphatic carbocycles. The SMILES string of the molecule is CNC1c2ccccc2-c2cc(NC(=O)c3ccc(C=CC(C)C)cc3)ccc21. The van der Waals surface area contributed by atoms with Crippen LogP contribution in [-0.4, -0.2) is 13.0 Å². The van der Waals surface area contributed by atoms with E-state index in [-0.39, 0.29) is 11.9 Å². The first kappa shape index (κ1) is 19.2. The van der Waals surface area contributed by atoms with Crippen LogP contribution in [0.15, 0.2) is 72.8 Å².